The van der Waals surface area contributed by atoms with Crippen molar-refractivity contribution < 1.29 is 9.90 Å². The Morgan fingerprint density at radius 1 is 1.08 bits per heavy atom. The molecule has 1 unspecified atom stereocenters. The molecule has 0 spiro atoms. The van der Waals surface area contributed by atoms with Gasteiger partial charge >= 0.3 is 0 Å². The van der Waals surface area contributed by atoms with Crippen molar-refractivity contribution >= 4 is 17.4 Å². The number of carbonyl (C=O) groups excluding carboxylic acids is 1. The maximum atomic E-state index is 12.7. The van der Waals surface area contributed by atoms with E-state index in [4.69, 9.17) is 4.98 Å². The van der Waals surface area contributed by atoms with Gasteiger partial charge in [0.05, 0.1) is 5.69 Å². The first kappa shape index (κ1) is 16.3. The monoisotopic (exact) mass is 348 g/mol. The average molecular weight is 348 g/mol. The van der Waals surface area contributed by atoms with Crippen LogP contribution in [0.15, 0.2) is 48.0 Å². The molecule has 3 aromatic heterocycles. The van der Waals surface area contributed by atoms with E-state index in [9.17, 15) is 9.90 Å². The highest BCUT2D eigenvalue weighted by atomic mass is 16.3. The highest BCUT2D eigenvalue weighted by Crippen LogP contribution is 2.40. The smallest absolute Gasteiger partial charge is 0.295 e. The summed E-state index contributed by atoms with van der Waals surface area (Å²) in [6.45, 7) is 7.70. The van der Waals surface area contributed by atoms with E-state index >= 15 is 0 Å². The molecular formula is C20H20N4O2. The number of imidazole rings is 1. The molecule has 0 saturated carbocycles. The van der Waals surface area contributed by atoms with Gasteiger partial charge in [0, 0.05) is 23.7 Å². The lowest BCUT2D eigenvalue weighted by atomic mass is 10.1. The van der Waals surface area contributed by atoms with Crippen LogP contribution in [0.4, 0.5) is 5.82 Å². The molecule has 0 fully saturated rings. The minimum atomic E-state index is -0.475. The number of nitrogens with zero attached hydrogens (tertiary/aromatic N) is 4. The first-order chi connectivity index (χ1) is 12.4. The van der Waals surface area contributed by atoms with Crippen LogP contribution in [0.3, 0.4) is 0 Å². The Morgan fingerprint density at radius 2 is 1.81 bits per heavy atom. The topological polar surface area (TPSA) is 70.7 Å². The summed E-state index contributed by atoms with van der Waals surface area (Å²) in [5.41, 5.74) is 5.19. The zero-order valence-electron chi connectivity index (χ0n) is 15.2. The predicted octanol–water partition coefficient (Wildman–Crippen LogP) is 3.57. The summed E-state index contributed by atoms with van der Waals surface area (Å²) in [5, 5.41) is 10.3. The van der Waals surface area contributed by atoms with Crippen LogP contribution in [0.25, 0.3) is 5.65 Å². The number of fused-ring (bicyclic) bond motifs is 1. The van der Waals surface area contributed by atoms with Crippen LogP contribution in [-0.4, -0.2) is 25.4 Å². The van der Waals surface area contributed by atoms with E-state index in [-0.39, 0.29) is 5.76 Å². The zero-order valence-corrected chi connectivity index (χ0v) is 15.2. The number of anilines is 1. The highest BCUT2D eigenvalue weighted by Gasteiger charge is 2.42. The summed E-state index contributed by atoms with van der Waals surface area (Å²) in [7, 11) is 0. The summed E-state index contributed by atoms with van der Waals surface area (Å²) in [4.78, 5) is 23.4. The Labute approximate surface area is 151 Å². The molecule has 1 N–H and O–H groups in total. The van der Waals surface area contributed by atoms with E-state index < -0.39 is 11.9 Å². The van der Waals surface area contributed by atoms with Crippen molar-refractivity contribution in [3.05, 3.63) is 70.5 Å². The first-order valence-corrected chi connectivity index (χ1v) is 8.49. The largest absolute Gasteiger partial charge is 0.503 e. The van der Waals surface area contributed by atoms with Gasteiger partial charge in [-0.1, -0.05) is 0 Å². The van der Waals surface area contributed by atoms with Crippen LogP contribution in [0, 0.1) is 20.8 Å². The first-order valence-electron chi connectivity index (χ1n) is 8.49. The fourth-order valence-electron chi connectivity index (χ4n) is 3.49. The van der Waals surface area contributed by atoms with Gasteiger partial charge in [-0.05, 0) is 63.1 Å². The van der Waals surface area contributed by atoms with Crippen molar-refractivity contribution in [2.75, 3.05) is 4.90 Å². The summed E-state index contributed by atoms with van der Waals surface area (Å²) in [6, 6.07) is 7.26. The van der Waals surface area contributed by atoms with Gasteiger partial charge < -0.3 is 9.51 Å². The van der Waals surface area contributed by atoms with Gasteiger partial charge in [-0.3, -0.25) is 9.69 Å². The zero-order chi connectivity index (χ0) is 18.6. The standard InChI is InChI=1S/C20H20N4O2/c1-11-5-7-21-15(9-11)24-18(13(3)19(25)20(24)26)17-14(4)23-8-6-12(2)10-16(23)22-17/h5-10,18,25H,1-4H3. The average Bonchev–Trinajstić information content (AvgIpc) is 3.03. The van der Waals surface area contributed by atoms with Crippen LogP contribution in [0.5, 0.6) is 0 Å². The lowest BCUT2D eigenvalue weighted by Gasteiger charge is -2.24. The van der Waals surface area contributed by atoms with Gasteiger partial charge in [0.15, 0.2) is 5.76 Å². The molecule has 26 heavy (non-hydrogen) atoms. The van der Waals surface area contributed by atoms with Gasteiger partial charge in [-0.25, -0.2) is 9.97 Å². The minimum Gasteiger partial charge on any atom is -0.503 e. The van der Waals surface area contributed by atoms with Crippen molar-refractivity contribution in [1.29, 1.82) is 0 Å². The number of aryl methyl sites for hydroxylation is 3. The summed E-state index contributed by atoms with van der Waals surface area (Å²) in [6.07, 6.45) is 3.64. The molecule has 6 heteroatoms. The molecule has 4 heterocycles. The van der Waals surface area contributed by atoms with Gasteiger partial charge in [-0.15, -0.1) is 0 Å². The number of rotatable bonds is 2. The van der Waals surface area contributed by atoms with Crippen LogP contribution >= 0.6 is 0 Å². The number of aliphatic hydroxyl groups excluding tert-OH is 1. The third-order valence-corrected chi connectivity index (χ3v) is 4.93. The van der Waals surface area contributed by atoms with E-state index in [1.165, 1.54) is 4.90 Å². The third kappa shape index (κ3) is 2.29. The molecule has 3 aromatic rings. The predicted molar refractivity (Wildman–Crippen MR) is 99.2 cm³/mol. The number of carbonyl (C=O) groups is 1. The van der Waals surface area contributed by atoms with Crippen molar-refractivity contribution in [3.63, 3.8) is 0 Å². The number of hydrogen-bond acceptors (Lipinski definition) is 4. The molecule has 4 rings (SSSR count). The van der Waals surface area contributed by atoms with Crippen molar-refractivity contribution in [2.24, 2.45) is 0 Å². The quantitative estimate of drug-likeness (QED) is 0.768. The molecule has 0 aromatic carbocycles. The van der Waals surface area contributed by atoms with Crippen molar-refractivity contribution in [2.45, 2.75) is 33.7 Å². The number of amides is 1. The molecule has 0 radical (unpaired) electrons. The molecule has 0 aliphatic carbocycles. The number of aromatic nitrogens is 3. The maximum Gasteiger partial charge on any atom is 0.295 e. The molecule has 1 atom stereocenters. The Balaban J connectivity index is 1.92. The molecule has 1 aliphatic heterocycles. The molecule has 1 aliphatic rings. The maximum absolute atomic E-state index is 12.7. The lowest BCUT2D eigenvalue weighted by molar-refractivity contribution is -0.117. The molecular weight excluding hydrogens is 328 g/mol. The number of pyridine rings is 2. The molecule has 132 valence electrons. The van der Waals surface area contributed by atoms with E-state index in [1.54, 1.807) is 13.1 Å². The Morgan fingerprint density at radius 3 is 2.54 bits per heavy atom. The summed E-state index contributed by atoms with van der Waals surface area (Å²) in [5.74, 6) is -0.166. The molecule has 1 amide bonds. The second-order valence-electron chi connectivity index (χ2n) is 6.82. The SMILES string of the molecule is CC1=C(O)C(=O)N(c2cc(C)ccn2)C1c1nc2cc(C)ccn2c1C. The van der Waals surface area contributed by atoms with Crippen molar-refractivity contribution in [3.8, 4) is 0 Å². The van der Waals surface area contributed by atoms with E-state index in [0.717, 1.165) is 28.2 Å². The summed E-state index contributed by atoms with van der Waals surface area (Å²) < 4.78 is 2.00. The Hall–Kier alpha value is -3.15. The van der Waals surface area contributed by atoms with Gasteiger partial charge in [0.25, 0.3) is 5.91 Å². The number of hydrogen-bond donors (Lipinski definition) is 1. The van der Waals surface area contributed by atoms with Crippen molar-refractivity contribution in [1.82, 2.24) is 14.4 Å². The molecule has 6 nitrogen and oxygen atoms in total. The normalized spacial score (nSPS) is 17.6. The third-order valence-electron chi connectivity index (χ3n) is 4.93. The lowest BCUT2D eigenvalue weighted by Crippen LogP contribution is -2.31. The van der Waals surface area contributed by atoms with Crippen LogP contribution in [0.2, 0.25) is 0 Å². The van der Waals surface area contributed by atoms with E-state index in [1.807, 2.05) is 55.6 Å². The fourth-order valence-corrected chi connectivity index (χ4v) is 3.49. The number of aliphatic hydroxyl groups is 1. The second-order valence-corrected chi connectivity index (χ2v) is 6.82. The van der Waals surface area contributed by atoms with E-state index in [0.29, 0.717) is 11.4 Å². The van der Waals surface area contributed by atoms with Crippen LogP contribution in [0.1, 0.15) is 35.5 Å². The summed E-state index contributed by atoms with van der Waals surface area (Å²) >= 11 is 0. The van der Waals surface area contributed by atoms with Crippen LogP contribution < -0.4 is 4.90 Å². The van der Waals surface area contributed by atoms with Gasteiger partial charge in [0.1, 0.15) is 17.5 Å². The Kier molecular flexibility index (Phi) is 3.57. The highest BCUT2D eigenvalue weighted by molar-refractivity contribution is 6.08. The fraction of sp³-hybridized carbons (Fsp3) is 0.250. The molecule has 0 saturated heterocycles. The van der Waals surface area contributed by atoms with Gasteiger partial charge in [0.2, 0.25) is 0 Å². The minimum absolute atomic E-state index is 0.231. The van der Waals surface area contributed by atoms with Gasteiger partial charge in [-0.2, -0.15) is 0 Å². The van der Waals surface area contributed by atoms with Crippen LogP contribution in [-0.2, 0) is 4.79 Å². The second kappa shape index (κ2) is 5.69. The van der Waals surface area contributed by atoms with E-state index in [2.05, 4.69) is 4.98 Å². The Bertz CT molecular complexity index is 1080. The molecule has 0 bridgehead atoms.